The maximum absolute atomic E-state index is 3.66. The van der Waals surface area contributed by atoms with Gasteiger partial charge >= 0.3 is 0 Å². The summed E-state index contributed by atoms with van der Waals surface area (Å²) in [5.74, 6) is 0. The molecule has 0 amide bonds. The summed E-state index contributed by atoms with van der Waals surface area (Å²) in [5.41, 5.74) is 5.43. The van der Waals surface area contributed by atoms with Gasteiger partial charge in [0.2, 0.25) is 0 Å². The molecule has 0 N–H and O–H groups in total. The van der Waals surface area contributed by atoms with E-state index in [-0.39, 0.29) is 0 Å². The molecular formula is C17H18Br2. The molecule has 2 rings (SSSR count). The molecule has 0 heterocycles. The first-order valence-corrected chi connectivity index (χ1v) is 8.21. The smallest absolute Gasteiger partial charge is 0.0210 e. The quantitative estimate of drug-likeness (QED) is 0.621. The van der Waals surface area contributed by atoms with Gasteiger partial charge in [0.15, 0.2) is 0 Å². The molecule has 0 atom stereocenters. The Hall–Kier alpha value is -0.600. The predicted octanol–water partition coefficient (Wildman–Crippen LogP) is 5.87. The third-order valence-corrected chi connectivity index (χ3v) is 5.03. The summed E-state index contributed by atoms with van der Waals surface area (Å²) in [5, 5.41) is 0. The molecule has 0 aliphatic carbocycles. The topological polar surface area (TPSA) is 0 Å². The zero-order valence-electron chi connectivity index (χ0n) is 11.3. The monoisotopic (exact) mass is 380 g/mol. The zero-order chi connectivity index (χ0) is 13.8. The summed E-state index contributed by atoms with van der Waals surface area (Å²) in [4.78, 5) is 0. The Kier molecular flexibility index (Phi) is 5.23. The first-order valence-electron chi connectivity index (χ1n) is 6.62. The molecule has 0 unspecified atom stereocenters. The van der Waals surface area contributed by atoms with Crippen molar-refractivity contribution < 1.29 is 0 Å². The molecule has 0 fully saturated rings. The molecule has 0 spiro atoms. The van der Waals surface area contributed by atoms with E-state index in [0.717, 1.165) is 19.3 Å². The third kappa shape index (κ3) is 3.93. The van der Waals surface area contributed by atoms with Gasteiger partial charge in [-0.05, 0) is 60.6 Å². The molecule has 2 heteroatoms. The van der Waals surface area contributed by atoms with Crippen molar-refractivity contribution >= 4 is 31.9 Å². The van der Waals surface area contributed by atoms with Crippen molar-refractivity contribution in [1.82, 2.24) is 0 Å². The molecule has 2 aromatic rings. The van der Waals surface area contributed by atoms with Crippen molar-refractivity contribution in [2.45, 2.75) is 33.1 Å². The van der Waals surface area contributed by atoms with Crippen molar-refractivity contribution in [2.75, 3.05) is 0 Å². The molecule has 0 aromatic heterocycles. The van der Waals surface area contributed by atoms with Crippen LogP contribution in [0.5, 0.6) is 0 Å². The van der Waals surface area contributed by atoms with Gasteiger partial charge < -0.3 is 0 Å². The fourth-order valence-electron chi connectivity index (χ4n) is 2.10. The van der Waals surface area contributed by atoms with E-state index >= 15 is 0 Å². The van der Waals surface area contributed by atoms with E-state index in [2.05, 4.69) is 82.1 Å². The molecule has 0 aliphatic rings. The van der Waals surface area contributed by atoms with E-state index in [0.29, 0.717) is 0 Å². The van der Waals surface area contributed by atoms with Crippen LogP contribution in [0.1, 0.15) is 29.2 Å². The highest BCUT2D eigenvalue weighted by Gasteiger charge is 2.04. The molecule has 0 nitrogen and oxygen atoms in total. The normalized spacial score (nSPS) is 10.7. The van der Waals surface area contributed by atoms with Gasteiger partial charge in [-0.15, -0.1) is 0 Å². The van der Waals surface area contributed by atoms with E-state index in [1.54, 1.807) is 0 Å². The van der Waals surface area contributed by atoms with Gasteiger partial charge in [0.1, 0.15) is 0 Å². The maximum atomic E-state index is 3.66. The first-order chi connectivity index (χ1) is 9.10. The van der Waals surface area contributed by atoms with Gasteiger partial charge in [0.25, 0.3) is 0 Å². The number of hydrogen-bond donors (Lipinski definition) is 0. The van der Waals surface area contributed by atoms with Gasteiger partial charge in [-0.3, -0.25) is 0 Å². The summed E-state index contributed by atoms with van der Waals surface area (Å²) < 4.78 is 2.39. The van der Waals surface area contributed by atoms with Crippen LogP contribution in [0, 0.1) is 6.92 Å². The number of hydrogen-bond acceptors (Lipinski definition) is 0. The Labute approximate surface area is 132 Å². The number of aryl methyl sites for hydroxylation is 4. The first kappa shape index (κ1) is 14.8. The average Bonchev–Trinajstić information content (AvgIpc) is 2.42. The second kappa shape index (κ2) is 6.71. The van der Waals surface area contributed by atoms with Gasteiger partial charge in [0.05, 0.1) is 0 Å². The Balaban J connectivity index is 2.07. The Bertz CT molecular complexity index is 556. The number of halogens is 2. The second-order valence-corrected chi connectivity index (χ2v) is 6.57. The molecule has 19 heavy (non-hydrogen) atoms. The summed E-state index contributed by atoms with van der Waals surface area (Å²) >= 11 is 7.26. The average molecular weight is 382 g/mol. The highest BCUT2D eigenvalue weighted by atomic mass is 79.9. The largest absolute Gasteiger partial charge is 0.0613 e. The van der Waals surface area contributed by atoms with Crippen molar-refractivity contribution in [2.24, 2.45) is 0 Å². The van der Waals surface area contributed by atoms with Crippen LogP contribution in [0.15, 0.2) is 45.3 Å². The van der Waals surface area contributed by atoms with E-state index in [1.165, 1.54) is 31.2 Å². The molecule has 0 saturated heterocycles. The summed E-state index contributed by atoms with van der Waals surface area (Å²) in [6.07, 6.45) is 3.25. The van der Waals surface area contributed by atoms with Gasteiger partial charge in [0, 0.05) is 8.95 Å². The van der Waals surface area contributed by atoms with Crippen molar-refractivity contribution in [3.05, 3.63) is 67.6 Å². The molecule has 0 saturated carbocycles. The lowest BCUT2D eigenvalue weighted by atomic mass is 10.0. The molecule has 2 aromatic carbocycles. The van der Waals surface area contributed by atoms with E-state index in [4.69, 9.17) is 0 Å². The molecule has 0 aliphatic heterocycles. The van der Waals surface area contributed by atoms with E-state index in [9.17, 15) is 0 Å². The Morgan fingerprint density at radius 2 is 1.47 bits per heavy atom. The lowest BCUT2D eigenvalue weighted by Gasteiger charge is -2.08. The van der Waals surface area contributed by atoms with Crippen molar-refractivity contribution in [3.8, 4) is 0 Å². The standard InChI is InChI=1S/C17H18Br2/c1-3-13-4-6-14(7-5-13)8-9-15-11-16(18)12(2)10-17(15)19/h4-7,10-11H,3,8-9H2,1-2H3. The zero-order valence-corrected chi connectivity index (χ0v) is 14.5. The van der Waals surface area contributed by atoms with Crippen LogP contribution < -0.4 is 0 Å². The summed E-state index contributed by atoms with van der Waals surface area (Å²) in [6, 6.07) is 13.4. The third-order valence-electron chi connectivity index (χ3n) is 3.44. The number of rotatable bonds is 4. The molecule has 0 bridgehead atoms. The van der Waals surface area contributed by atoms with Crippen LogP contribution in [0.3, 0.4) is 0 Å². The second-order valence-electron chi connectivity index (χ2n) is 4.86. The predicted molar refractivity (Wildman–Crippen MR) is 89.8 cm³/mol. The van der Waals surface area contributed by atoms with Gasteiger partial charge in [-0.1, -0.05) is 63.0 Å². The van der Waals surface area contributed by atoms with Gasteiger partial charge in [-0.2, -0.15) is 0 Å². The Morgan fingerprint density at radius 1 is 0.842 bits per heavy atom. The van der Waals surface area contributed by atoms with E-state index < -0.39 is 0 Å². The van der Waals surface area contributed by atoms with Crippen LogP contribution in [-0.2, 0) is 19.3 Å². The van der Waals surface area contributed by atoms with Crippen LogP contribution in [-0.4, -0.2) is 0 Å². The fourth-order valence-corrected chi connectivity index (χ4v) is 3.15. The lowest BCUT2D eigenvalue weighted by molar-refractivity contribution is 0.949. The maximum Gasteiger partial charge on any atom is 0.0210 e. The SMILES string of the molecule is CCc1ccc(CCc2cc(Br)c(C)cc2Br)cc1. The molecule has 100 valence electrons. The van der Waals surface area contributed by atoms with Crippen LogP contribution in [0.25, 0.3) is 0 Å². The fraction of sp³-hybridized carbons (Fsp3) is 0.294. The van der Waals surface area contributed by atoms with Crippen LogP contribution in [0.4, 0.5) is 0 Å². The summed E-state index contributed by atoms with van der Waals surface area (Å²) in [7, 11) is 0. The van der Waals surface area contributed by atoms with Crippen LogP contribution in [0.2, 0.25) is 0 Å². The minimum Gasteiger partial charge on any atom is -0.0613 e. The highest BCUT2D eigenvalue weighted by Crippen LogP contribution is 2.26. The lowest BCUT2D eigenvalue weighted by Crippen LogP contribution is -1.94. The molecular weight excluding hydrogens is 364 g/mol. The van der Waals surface area contributed by atoms with Crippen LogP contribution >= 0.6 is 31.9 Å². The number of benzene rings is 2. The minimum absolute atomic E-state index is 1.06. The van der Waals surface area contributed by atoms with Crippen molar-refractivity contribution in [1.29, 1.82) is 0 Å². The summed E-state index contributed by atoms with van der Waals surface area (Å²) in [6.45, 7) is 4.30. The Morgan fingerprint density at radius 3 is 2.11 bits per heavy atom. The van der Waals surface area contributed by atoms with Gasteiger partial charge in [-0.25, -0.2) is 0 Å². The minimum atomic E-state index is 1.06. The molecule has 0 radical (unpaired) electrons. The van der Waals surface area contributed by atoms with Crippen molar-refractivity contribution in [3.63, 3.8) is 0 Å². The highest BCUT2D eigenvalue weighted by molar-refractivity contribution is 9.11. The van der Waals surface area contributed by atoms with E-state index in [1.807, 2.05) is 0 Å².